The van der Waals surface area contributed by atoms with Crippen molar-refractivity contribution < 1.29 is 9.47 Å². The van der Waals surface area contributed by atoms with Gasteiger partial charge in [-0.05, 0) is 13.0 Å². The molecule has 3 heteroatoms. The largest absolute Gasteiger partial charge is 0.493 e. The van der Waals surface area contributed by atoms with Gasteiger partial charge in [-0.1, -0.05) is 24.3 Å². The molecule has 1 aromatic rings. The maximum absolute atomic E-state index is 6.00. The van der Waals surface area contributed by atoms with Crippen LogP contribution in [0.4, 0.5) is 0 Å². The lowest BCUT2D eigenvalue weighted by Crippen LogP contribution is -2.12. The number of para-hydroxylation sites is 1. The van der Waals surface area contributed by atoms with Gasteiger partial charge >= 0.3 is 0 Å². The van der Waals surface area contributed by atoms with E-state index in [0.29, 0.717) is 11.5 Å². The predicted molar refractivity (Wildman–Crippen MR) is 61.3 cm³/mol. The third-order valence-electron chi connectivity index (χ3n) is 2.30. The molecule has 0 bridgehead atoms. The molecule has 0 aromatic heterocycles. The Hall–Kier alpha value is -1.48. The van der Waals surface area contributed by atoms with E-state index in [1.165, 1.54) is 0 Å². The molecule has 1 aromatic carbocycles. The highest BCUT2D eigenvalue weighted by Gasteiger charge is 2.15. The first-order valence-electron chi connectivity index (χ1n) is 4.73. The van der Waals surface area contributed by atoms with E-state index < -0.39 is 0 Å². The maximum Gasteiger partial charge on any atom is 0.165 e. The van der Waals surface area contributed by atoms with Crippen molar-refractivity contribution in [2.45, 2.75) is 13.0 Å². The number of hydrogen-bond donors (Lipinski definition) is 1. The molecule has 0 aliphatic heterocycles. The molecule has 1 unspecified atom stereocenters. The van der Waals surface area contributed by atoms with Crippen molar-refractivity contribution in [1.82, 2.24) is 0 Å². The summed E-state index contributed by atoms with van der Waals surface area (Å²) in [5, 5.41) is 0. The third-order valence-corrected chi connectivity index (χ3v) is 2.30. The lowest BCUT2D eigenvalue weighted by molar-refractivity contribution is 0.350. The van der Waals surface area contributed by atoms with Crippen LogP contribution in [0.5, 0.6) is 11.5 Å². The van der Waals surface area contributed by atoms with Crippen molar-refractivity contribution in [1.29, 1.82) is 0 Å². The average molecular weight is 207 g/mol. The highest BCUT2D eigenvalue weighted by atomic mass is 16.5. The van der Waals surface area contributed by atoms with Gasteiger partial charge in [-0.15, -0.1) is 0 Å². The lowest BCUT2D eigenvalue weighted by Gasteiger charge is -2.17. The Morgan fingerprint density at radius 1 is 1.33 bits per heavy atom. The van der Waals surface area contributed by atoms with Gasteiger partial charge in [0.25, 0.3) is 0 Å². The molecule has 0 heterocycles. The molecule has 1 atom stereocenters. The Morgan fingerprint density at radius 2 is 2.00 bits per heavy atom. The molecule has 3 nitrogen and oxygen atoms in total. The SMILES string of the molecule is C=C(C)C(N)c1cccc(OC)c1OC. The monoisotopic (exact) mass is 207 g/mol. The molecular weight excluding hydrogens is 190 g/mol. The van der Waals surface area contributed by atoms with Gasteiger partial charge in [-0.3, -0.25) is 0 Å². The van der Waals surface area contributed by atoms with Crippen LogP contribution >= 0.6 is 0 Å². The van der Waals surface area contributed by atoms with Crippen LogP contribution in [0, 0.1) is 0 Å². The number of benzene rings is 1. The second-order valence-electron chi connectivity index (χ2n) is 3.41. The van der Waals surface area contributed by atoms with Crippen molar-refractivity contribution in [3.05, 3.63) is 35.9 Å². The van der Waals surface area contributed by atoms with Gasteiger partial charge in [0.05, 0.1) is 20.3 Å². The third kappa shape index (κ3) is 2.30. The number of nitrogens with two attached hydrogens (primary N) is 1. The molecule has 0 radical (unpaired) electrons. The van der Waals surface area contributed by atoms with E-state index >= 15 is 0 Å². The van der Waals surface area contributed by atoms with Crippen LogP contribution in [0.3, 0.4) is 0 Å². The quantitative estimate of drug-likeness (QED) is 0.770. The number of hydrogen-bond acceptors (Lipinski definition) is 3. The predicted octanol–water partition coefficient (Wildman–Crippen LogP) is 2.28. The summed E-state index contributed by atoms with van der Waals surface area (Å²) >= 11 is 0. The molecule has 82 valence electrons. The van der Waals surface area contributed by atoms with Gasteiger partial charge in [0, 0.05) is 5.56 Å². The molecule has 2 N–H and O–H groups in total. The summed E-state index contributed by atoms with van der Waals surface area (Å²) in [6, 6.07) is 5.42. The Morgan fingerprint density at radius 3 is 2.47 bits per heavy atom. The minimum atomic E-state index is -0.227. The lowest BCUT2D eigenvalue weighted by atomic mass is 10.0. The van der Waals surface area contributed by atoms with Crippen LogP contribution in [-0.2, 0) is 0 Å². The van der Waals surface area contributed by atoms with E-state index in [0.717, 1.165) is 11.1 Å². The average Bonchev–Trinajstić information content (AvgIpc) is 2.26. The topological polar surface area (TPSA) is 44.5 Å². The molecule has 1 rings (SSSR count). The molecule has 0 saturated heterocycles. The molecule has 0 aliphatic carbocycles. The van der Waals surface area contributed by atoms with E-state index in [9.17, 15) is 0 Å². The fraction of sp³-hybridized carbons (Fsp3) is 0.333. The molecule has 15 heavy (non-hydrogen) atoms. The summed E-state index contributed by atoms with van der Waals surface area (Å²) in [4.78, 5) is 0. The maximum atomic E-state index is 6.00. The highest BCUT2D eigenvalue weighted by Crippen LogP contribution is 2.35. The van der Waals surface area contributed by atoms with E-state index in [2.05, 4.69) is 6.58 Å². The van der Waals surface area contributed by atoms with Crippen LogP contribution in [-0.4, -0.2) is 14.2 Å². The van der Waals surface area contributed by atoms with Crippen LogP contribution in [0.15, 0.2) is 30.4 Å². The van der Waals surface area contributed by atoms with Gasteiger partial charge in [0.15, 0.2) is 11.5 Å². The van der Waals surface area contributed by atoms with Crippen LogP contribution in [0.25, 0.3) is 0 Å². The molecule has 0 fully saturated rings. The van der Waals surface area contributed by atoms with Crippen molar-refractivity contribution in [2.75, 3.05) is 14.2 Å². The first-order chi connectivity index (χ1) is 7.11. The van der Waals surface area contributed by atoms with E-state index in [4.69, 9.17) is 15.2 Å². The summed E-state index contributed by atoms with van der Waals surface area (Å²) in [6.45, 7) is 5.73. The molecule has 0 spiro atoms. The van der Waals surface area contributed by atoms with Crippen molar-refractivity contribution in [3.63, 3.8) is 0 Å². The first kappa shape index (κ1) is 11.6. The van der Waals surface area contributed by atoms with Gasteiger partial charge < -0.3 is 15.2 Å². The zero-order valence-electron chi connectivity index (χ0n) is 9.41. The normalized spacial score (nSPS) is 12.0. The second-order valence-corrected chi connectivity index (χ2v) is 3.41. The summed E-state index contributed by atoms with van der Waals surface area (Å²) < 4.78 is 10.5. The summed E-state index contributed by atoms with van der Waals surface area (Å²) in [5.74, 6) is 1.36. The van der Waals surface area contributed by atoms with E-state index in [1.54, 1.807) is 14.2 Å². The standard InChI is InChI=1S/C12H17NO2/c1-8(2)11(13)9-6-5-7-10(14-3)12(9)15-4/h5-7,11H,1,13H2,2-4H3. The van der Waals surface area contributed by atoms with Gasteiger partial charge in [-0.25, -0.2) is 0 Å². The smallest absolute Gasteiger partial charge is 0.165 e. The Kier molecular flexibility index (Phi) is 3.74. The minimum absolute atomic E-state index is 0.227. The fourth-order valence-corrected chi connectivity index (χ4v) is 1.42. The second kappa shape index (κ2) is 4.84. The fourth-order valence-electron chi connectivity index (χ4n) is 1.42. The molecule has 0 aliphatic rings. The zero-order valence-corrected chi connectivity index (χ0v) is 9.41. The van der Waals surface area contributed by atoms with Crippen molar-refractivity contribution in [2.24, 2.45) is 5.73 Å². The van der Waals surface area contributed by atoms with Crippen molar-refractivity contribution >= 4 is 0 Å². The van der Waals surface area contributed by atoms with Crippen molar-refractivity contribution in [3.8, 4) is 11.5 Å². The zero-order chi connectivity index (χ0) is 11.4. The van der Waals surface area contributed by atoms with E-state index in [1.807, 2.05) is 25.1 Å². The molecule has 0 amide bonds. The first-order valence-corrected chi connectivity index (χ1v) is 4.73. The molecule has 0 saturated carbocycles. The van der Waals surface area contributed by atoms with Crippen LogP contribution in [0.2, 0.25) is 0 Å². The Balaban J connectivity index is 3.22. The minimum Gasteiger partial charge on any atom is -0.493 e. The van der Waals surface area contributed by atoms with E-state index in [-0.39, 0.29) is 6.04 Å². The van der Waals surface area contributed by atoms with Crippen LogP contribution < -0.4 is 15.2 Å². The van der Waals surface area contributed by atoms with Gasteiger partial charge in [0.2, 0.25) is 0 Å². The van der Waals surface area contributed by atoms with Crippen LogP contribution in [0.1, 0.15) is 18.5 Å². The highest BCUT2D eigenvalue weighted by molar-refractivity contribution is 5.49. The summed E-state index contributed by atoms with van der Waals surface area (Å²) in [7, 11) is 3.21. The van der Waals surface area contributed by atoms with Gasteiger partial charge in [0.1, 0.15) is 0 Å². The Labute approximate surface area is 90.5 Å². The number of methoxy groups -OCH3 is 2. The number of ether oxygens (including phenoxy) is 2. The van der Waals surface area contributed by atoms with Gasteiger partial charge in [-0.2, -0.15) is 0 Å². The Bertz CT molecular complexity index is 361. The summed E-state index contributed by atoms with van der Waals surface area (Å²) in [6.07, 6.45) is 0. The molecular formula is C12H17NO2. The summed E-state index contributed by atoms with van der Waals surface area (Å²) in [5.41, 5.74) is 7.79. The number of rotatable bonds is 4.